The monoisotopic (exact) mass is 326 g/mol. The topological polar surface area (TPSA) is 79.3 Å². The first-order chi connectivity index (χ1) is 11.6. The molecule has 5 heteroatoms. The van der Waals surface area contributed by atoms with E-state index in [1.165, 1.54) is 6.92 Å². The van der Waals surface area contributed by atoms with E-state index in [1.54, 1.807) is 6.20 Å². The van der Waals surface area contributed by atoms with Gasteiger partial charge in [-0.2, -0.15) is 0 Å². The molecular weight excluding hydrogens is 304 g/mol. The van der Waals surface area contributed by atoms with Crippen LogP contribution in [0.25, 0.3) is 0 Å². The number of nitrogens with one attached hydrogen (secondary N) is 1. The second-order valence-corrected chi connectivity index (χ2v) is 5.79. The van der Waals surface area contributed by atoms with Crippen LogP contribution < -0.4 is 5.32 Å². The van der Waals surface area contributed by atoms with E-state index in [0.29, 0.717) is 6.42 Å². The molecule has 1 unspecified atom stereocenters. The maximum absolute atomic E-state index is 11.3. The molecule has 1 atom stereocenters. The van der Waals surface area contributed by atoms with E-state index < -0.39 is 5.97 Å². The van der Waals surface area contributed by atoms with Crippen molar-refractivity contribution in [3.05, 3.63) is 59.9 Å². The van der Waals surface area contributed by atoms with Gasteiger partial charge in [0.2, 0.25) is 5.91 Å². The quantitative estimate of drug-likeness (QED) is 0.723. The van der Waals surface area contributed by atoms with E-state index >= 15 is 0 Å². The van der Waals surface area contributed by atoms with E-state index in [9.17, 15) is 9.59 Å². The lowest BCUT2D eigenvalue weighted by atomic mass is 9.87. The molecule has 1 heterocycles. The third-order valence-corrected chi connectivity index (χ3v) is 3.83. The van der Waals surface area contributed by atoms with Gasteiger partial charge in [0.1, 0.15) is 0 Å². The van der Waals surface area contributed by atoms with Crippen LogP contribution in [0.15, 0.2) is 48.8 Å². The number of amides is 1. The molecule has 1 aromatic heterocycles. The van der Waals surface area contributed by atoms with Gasteiger partial charge in [0, 0.05) is 37.3 Å². The minimum Gasteiger partial charge on any atom is -0.481 e. The summed E-state index contributed by atoms with van der Waals surface area (Å²) in [5.74, 6) is -0.742. The van der Waals surface area contributed by atoms with Crippen LogP contribution >= 0.6 is 0 Å². The maximum Gasteiger partial charge on any atom is 0.303 e. The van der Waals surface area contributed by atoms with Crippen molar-refractivity contribution in [2.45, 2.75) is 38.5 Å². The number of anilines is 1. The summed E-state index contributed by atoms with van der Waals surface area (Å²) in [7, 11) is 0. The van der Waals surface area contributed by atoms with Crippen LogP contribution in [0.3, 0.4) is 0 Å². The van der Waals surface area contributed by atoms with Gasteiger partial charge < -0.3 is 10.4 Å². The molecule has 1 amide bonds. The molecule has 2 N–H and O–H groups in total. The Hall–Kier alpha value is -2.69. The Balaban J connectivity index is 2.19. The number of aromatic nitrogens is 1. The van der Waals surface area contributed by atoms with E-state index in [0.717, 1.165) is 29.7 Å². The predicted molar refractivity (Wildman–Crippen MR) is 92.9 cm³/mol. The molecule has 24 heavy (non-hydrogen) atoms. The molecule has 0 fully saturated rings. The Morgan fingerprint density at radius 3 is 2.62 bits per heavy atom. The zero-order valence-electron chi connectivity index (χ0n) is 13.7. The lowest BCUT2D eigenvalue weighted by Gasteiger charge is -2.18. The third kappa shape index (κ3) is 5.50. The number of hydrogen-bond acceptors (Lipinski definition) is 3. The zero-order valence-corrected chi connectivity index (χ0v) is 13.7. The van der Waals surface area contributed by atoms with Crippen molar-refractivity contribution in [1.82, 2.24) is 4.98 Å². The Labute approximate surface area is 141 Å². The Bertz CT molecular complexity index is 686. The summed E-state index contributed by atoms with van der Waals surface area (Å²) in [5, 5.41) is 11.6. The highest BCUT2D eigenvalue weighted by Crippen LogP contribution is 2.31. The van der Waals surface area contributed by atoms with Crippen LogP contribution in [-0.4, -0.2) is 22.0 Å². The lowest BCUT2D eigenvalue weighted by Crippen LogP contribution is -2.07. The summed E-state index contributed by atoms with van der Waals surface area (Å²) in [6, 6.07) is 11.7. The first-order valence-electron chi connectivity index (χ1n) is 8.05. The van der Waals surface area contributed by atoms with Crippen molar-refractivity contribution < 1.29 is 14.7 Å². The fourth-order valence-corrected chi connectivity index (χ4v) is 2.77. The van der Waals surface area contributed by atoms with Crippen LogP contribution in [0.2, 0.25) is 0 Å². The van der Waals surface area contributed by atoms with Gasteiger partial charge in [0.15, 0.2) is 0 Å². The number of carboxylic acids is 1. The number of rotatable bonds is 8. The summed E-state index contributed by atoms with van der Waals surface area (Å²) in [4.78, 5) is 26.1. The van der Waals surface area contributed by atoms with Gasteiger partial charge in [-0.05, 0) is 42.2 Å². The van der Waals surface area contributed by atoms with Gasteiger partial charge in [-0.1, -0.05) is 24.6 Å². The molecule has 2 rings (SSSR count). The average Bonchev–Trinajstić information content (AvgIpc) is 2.55. The lowest BCUT2D eigenvalue weighted by molar-refractivity contribution is -0.137. The summed E-state index contributed by atoms with van der Waals surface area (Å²) >= 11 is 0. The highest BCUT2D eigenvalue weighted by Gasteiger charge is 2.15. The second-order valence-electron chi connectivity index (χ2n) is 5.79. The predicted octanol–water partition coefficient (Wildman–Crippen LogP) is 3.82. The number of hydrogen-bond donors (Lipinski definition) is 2. The molecule has 2 aromatic rings. The number of pyridine rings is 1. The van der Waals surface area contributed by atoms with Crippen LogP contribution in [-0.2, 0) is 9.59 Å². The Morgan fingerprint density at radius 2 is 1.96 bits per heavy atom. The maximum atomic E-state index is 11.3. The number of aliphatic carboxylic acids is 1. The van der Waals surface area contributed by atoms with Crippen LogP contribution in [0.5, 0.6) is 0 Å². The zero-order chi connectivity index (χ0) is 17.4. The van der Waals surface area contributed by atoms with Gasteiger partial charge in [0.05, 0.1) is 0 Å². The van der Waals surface area contributed by atoms with E-state index in [2.05, 4.69) is 10.3 Å². The largest absolute Gasteiger partial charge is 0.481 e. The molecule has 0 saturated carbocycles. The highest BCUT2D eigenvalue weighted by atomic mass is 16.4. The summed E-state index contributed by atoms with van der Waals surface area (Å²) in [6.45, 7) is 1.48. The van der Waals surface area contributed by atoms with E-state index in [1.807, 2.05) is 42.6 Å². The summed E-state index contributed by atoms with van der Waals surface area (Å²) in [5.41, 5.74) is 2.94. The molecule has 0 spiro atoms. The number of benzene rings is 1. The molecule has 0 saturated heterocycles. The van der Waals surface area contributed by atoms with Gasteiger partial charge >= 0.3 is 5.97 Å². The molecule has 0 bridgehead atoms. The second kappa shape index (κ2) is 8.82. The SMILES string of the molecule is CC(=O)Nc1cccc(C(CCCCC(=O)O)c2cccnc2)c1. The summed E-state index contributed by atoms with van der Waals surface area (Å²) < 4.78 is 0. The highest BCUT2D eigenvalue weighted by molar-refractivity contribution is 5.88. The van der Waals surface area contributed by atoms with Gasteiger partial charge in [-0.3, -0.25) is 14.6 Å². The van der Waals surface area contributed by atoms with Crippen molar-refractivity contribution >= 4 is 17.6 Å². The van der Waals surface area contributed by atoms with Crippen LogP contribution in [0.1, 0.15) is 49.7 Å². The minimum atomic E-state index is -0.763. The standard InChI is InChI=1S/C19H22N2O3/c1-14(22)21-17-8-4-6-15(12-17)18(9-2-3-10-19(23)24)16-7-5-11-20-13-16/h4-8,11-13,18H,2-3,9-10H2,1H3,(H,21,22)(H,23,24). The number of carboxylic acid groups (broad SMARTS) is 1. The number of carbonyl (C=O) groups excluding carboxylic acids is 1. The molecule has 0 aliphatic heterocycles. The normalized spacial score (nSPS) is 11.7. The molecule has 126 valence electrons. The van der Waals surface area contributed by atoms with Crippen molar-refractivity contribution in [2.75, 3.05) is 5.32 Å². The van der Waals surface area contributed by atoms with Crippen molar-refractivity contribution in [1.29, 1.82) is 0 Å². The summed E-state index contributed by atoms with van der Waals surface area (Å²) in [6.07, 6.45) is 6.06. The molecule has 1 aromatic carbocycles. The molecule has 0 aliphatic rings. The van der Waals surface area contributed by atoms with E-state index in [-0.39, 0.29) is 18.2 Å². The van der Waals surface area contributed by atoms with Gasteiger partial charge in [-0.15, -0.1) is 0 Å². The molecular formula is C19H22N2O3. The van der Waals surface area contributed by atoms with Crippen molar-refractivity contribution in [2.24, 2.45) is 0 Å². The first kappa shape index (κ1) is 17.7. The number of nitrogens with zero attached hydrogens (tertiary/aromatic N) is 1. The smallest absolute Gasteiger partial charge is 0.303 e. The van der Waals surface area contributed by atoms with Gasteiger partial charge in [0.25, 0.3) is 0 Å². The fourth-order valence-electron chi connectivity index (χ4n) is 2.77. The fraction of sp³-hybridized carbons (Fsp3) is 0.316. The molecule has 0 radical (unpaired) electrons. The third-order valence-electron chi connectivity index (χ3n) is 3.83. The van der Waals surface area contributed by atoms with E-state index in [4.69, 9.17) is 5.11 Å². The average molecular weight is 326 g/mol. The first-order valence-corrected chi connectivity index (χ1v) is 8.05. The van der Waals surface area contributed by atoms with Crippen LogP contribution in [0, 0.1) is 0 Å². The van der Waals surface area contributed by atoms with Crippen LogP contribution in [0.4, 0.5) is 5.69 Å². The Morgan fingerprint density at radius 1 is 1.17 bits per heavy atom. The molecule has 5 nitrogen and oxygen atoms in total. The van der Waals surface area contributed by atoms with Gasteiger partial charge in [-0.25, -0.2) is 0 Å². The Kier molecular flexibility index (Phi) is 6.49. The number of carbonyl (C=O) groups is 2. The van der Waals surface area contributed by atoms with Crippen molar-refractivity contribution in [3.63, 3.8) is 0 Å². The van der Waals surface area contributed by atoms with Crippen molar-refractivity contribution in [3.8, 4) is 0 Å². The minimum absolute atomic E-state index is 0.105. The number of unbranched alkanes of at least 4 members (excludes halogenated alkanes) is 1. The molecule has 0 aliphatic carbocycles.